The summed E-state index contributed by atoms with van der Waals surface area (Å²) in [6.07, 6.45) is 8.58. The number of nitrogens with one attached hydrogen (secondary N) is 1. The van der Waals surface area contributed by atoms with Crippen LogP contribution in [0.15, 0.2) is 0 Å². The molecule has 104 valence electrons. The largest absolute Gasteiger partial charge is 0.468 e. The Kier molecular flexibility index (Phi) is 4.96. The zero-order chi connectivity index (χ0) is 13.0. The molecule has 4 heteroatoms. The van der Waals surface area contributed by atoms with E-state index in [9.17, 15) is 4.79 Å². The molecule has 3 nitrogen and oxygen atoms in total. The second-order valence-corrected chi connectivity index (χ2v) is 7.16. The SMILES string of the molecule is COC(=O)C1(NC2CCCCCC2)CSC(C)C1. The van der Waals surface area contributed by atoms with Gasteiger partial charge in [0.05, 0.1) is 7.11 Å². The Hall–Kier alpha value is -0.220. The van der Waals surface area contributed by atoms with Crippen molar-refractivity contribution in [1.82, 2.24) is 5.32 Å². The van der Waals surface area contributed by atoms with E-state index in [2.05, 4.69) is 12.2 Å². The van der Waals surface area contributed by atoms with E-state index in [1.54, 1.807) is 0 Å². The molecular weight excluding hydrogens is 246 g/mol. The number of carbonyl (C=O) groups excluding carboxylic acids is 1. The maximum Gasteiger partial charge on any atom is 0.326 e. The van der Waals surface area contributed by atoms with E-state index in [1.165, 1.54) is 45.6 Å². The Morgan fingerprint density at radius 2 is 1.94 bits per heavy atom. The molecule has 1 aliphatic carbocycles. The summed E-state index contributed by atoms with van der Waals surface area (Å²) >= 11 is 1.88. The van der Waals surface area contributed by atoms with Crippen molar-refractivity contribution in [1.29, 1.82) is 0 Å². The molecule has 0 aromatic carbocycles. The summed E-state index contributed by atoms with van der Waals surface area (Å²) in [5.41, 5.74) is -0.423. The predicted molar refractivity (Wildman–Crippen MR) is 75.9 cm³/mol. The van der Waals surface area contributed by atoms with Gasteiger partial charge in [0.15, 0.2) is 0 Å². The highest BCUT2D eigenvalue weighted by molar-refractivity contribution is 8.00. The Morgan fingerprint density at radius 1 is 1.28 bits per heavy atom. The molecule has 0 aromatic heterocycles. The molecule has 2 rings (SSSR count). The number of carbonyl (C=O) groups is 1. The van der Waals surface area contributed by atoms with Crippen LogP contribution in [-0.4, -0.2) is 35.7 Å². The van der Waals surface area contributed by atoms with Crippen LogP contribution in [0.4, 0.5) is 0 Å². The van der Waals surface area contributed by atoms with Gasteiger partial charge in [-0.1, -0.05) is 32.6 Å². The van der Waals surface area contributed by atoms with Gasteiger partial charge in [0.2, 0.25) is 0 Å². The summed E-state index contributed by atoms with van der Waals surface area (Å²) < 4.78 is 5.04. The zero-order valence-corrected chi connectivity index (χ0v) is 12.4. The summed E-state index contributed by atoms with van der Waals surface area (Å²) in [6, 6.07) is 0.498. The van der Waals surface area contributed by atoms with Gasteiger partial charge in [-0.15, -0.1) is 0 Å². The van der Waals surface area contributed by atoms with E-state index in [-0.39, 0.29) is 5.97 Å². The molecule has 18 heavy (non-hydrogen) atoms. The van der Waals surface area contributed by atoms with Crippen LogP contribution < -0.4 is 5.32 Å². The first-order chi connectivity index (χ1) is 8.66. The summed E-state index contributed by atoms with van der Waals surface area (Å²) in [7, 11) is 1.51. The molecule has 0 bridgehead atoms. The number of thioether (sulfide) groups is 1. The van der Waals surface area contributed by atoms with Crippen LogP contribution >= 0.6 is 11.8 Å². The van der Waals surface area contributed by atoms with E-state index in [1.807, 2.05) is 11.8 Å². The fraction of sp³-hybridized carbons (Fsp3) is 0.929. The van der Waals surface area contributed by atoms with Gasteiger partial charge in [0.25, 0.3) is 0 Å². The van der Waals surface area contributed by atoms with Crippen LogP contribution in [0.1, 0.15) is 51.9 Å². The van der Waals surface area contributed by atoms with Crippen molar-refractivity contribution < 1.29 is 9.53 Å². The number of esters is 1. The molecule has 0 spiro atoms. The maximum atomic E-state index is 12.1. The first-order valence-corrected chi connectivity index (χ1v) is 8.19. The molecule has 1 heterocycles. The third-order valence-corrected chi connectivity index (χ3v) is 5.56. The van der Waals surface area contributed by atoms with E-state index >= 15 is 0 Å². The van der Waals surface area contributed by atoms with Gasteiger partial charge in [-0.25, -0.2) is 0 Å². The quantitative estimate of drug-likeness (QED) is 0.633. The average Bonchev–Trinajstić information content (AvgIpc) is 2.59. The highest BCUT2D eigenvalue weighted by Gasteiger charge is 2.46. The molecule has 2 unspecified atom stereocenters. The molecule has 0 radical (unpaired) electrons. The first-order valence-electron chi connectivity index (χ1n) is 7.14. The van der Waals surface area contributed by atoms with Crippen LogP contribution in [-0.2, 0) is 9.53 Å². The topological polar surface area (TPSA) is 38.3 Å². The molecular formula is C14H25NO2S. The van der Waals surface area contributed by atoms with E-state index in [4.69, 9.17) is 4.74 Å². The molecule has 1 aliphatic heterocycles. The van der Waals surface area contributed by atoms with Crippen molar-refractivity contribution >= 4 is 17.7 Å². The van der Waals surface area contributed by atoms with Gasteiger partial charge in [-0.05, 0) is 19.3 Å². The number of hydrogen-bond donors (Lipinski definition) is 1. The minimum absolute atomic E-state index is 0.0661. The molecule has 1 saturated carbocycles. The van der Waals surface area contributed by atoms with Gasteiger partial charge in [-0.2, -0.15) is 11.8 Å². The smallest absolute Gasteiger partial charge is 0.326 e. The number of hydrogen-bond acceptors (Lipinski definition) is 4. The minimum Gasteiger partial charge on any atom is -0.468 e. The normalized spacial score (nSPS) is 34.2. The van der Waals surface area contributed by atoms with Crippen molar-refractivity contribution in [3.63, 3.8) is 0 Å². The van der Waals surface area contributed by atoms with Gasteiger partial charge in [0, 0.05) is 17.0 Å². The zero-order valence-electron chi connectivity index (χ0n) is 11.5. The lowest BCUT2D eigenvalue weighted by atomic mass is 9.93. The van der Waals surface area contributed by atoms with Crippen LogP contribution in [0.3, 0.4) is 0 Å². The van der Waals surface area contributed by atoms with Crippen molar-refractivity contribution in [3.05, 3.63) is 0 Å². The summed E-state index contributed by atoms with van der Waals surface area (Å²) in [5.74, 6) is 0.792. The Balaban J connectivity index is 2.02. The third kappa shape index (κ3) is 3.21. The Bertz CT molecular complexity index is 290. The second kappa shape index (κ2) is 6.29. The molecule has 0 amide bonds. The van der Waals surface area contributed by atoms with E-state index < -0.39 is 5.54 Å². The lowest BCUT2D eigenvalue weighted by molar-refractivity contribution is -0.148. The highest BCUT2D eigenvalue weighted by Crippen LogP contribution is 2.36. The minimum atomic E-state index is -0.423. The van der Waals surface area contributed by atoms with Crippen LogP contribution in [0.2, 0.25) is 0 Å². The van der Waals surface area contributed by atoms with Crippen LogP contribution in [0.25, 0.3) is 0 Å². The third-order valence-electron chi connectivity index (χ3n) is 4.16. The van der Waals surface area contributed by atoms with Crippen LogP contribution in [0.5, 0.6) is 0 Å². The maximum absolute atomic E-state index is 12.1. The number of methoxy groups -OCH3 is 1. The first kappa shape index (κ1) is 14.2. The predicted octanol–water partition coefficient (Wildman–Crippen LogP) is 2.74. The summed E-state index contributed by atoms with van der Waals surface area (Å²) in [6.45, 7) is 2.20. The Labute approximate surface area is 114 Å². The van der Waals surface area contributed by atoms with Crippen molar-refractivity contribution in [3.8, 4) is 0 Å². The van der Waals surface area contributed by atoms with E-state index in [0.29, 0.717) is 11.3 Å². The fourth-order valence-corrected chi connectivity index (χ4v) is 4.50. The van der Waals surface area contributed by atoms with Crippen LogP contribution in [0, 0.1) is 0 Å². The monoisotopic (exact) mass is 271 g/mol. The van der Waals surface area contributed by atoms with Crippen molar-refractivity contribution in [2.24, 2.45) is 0 Å². The van der Waals surface area contributed by atoms with E-state index in [0.717, 1.165) is 12.2 Å². The lowest BCUT2D eigenvalue weighted by Crippen LogP contribution is -2.57. The number of rotatable bonds is 3. The Morgan fingerprint density at radius 3 is 2.44 bits per heavy atom. The van der Waals surface area contributed by atoms with Crippen molar-refractivity contribution in [2.75, 3.05) is 12.9 Å². The molecule has 2 atom stereocenters. The van der Waals surface area contributed by atoms with Gasteiger partial charge in [-0.3, -0.25) is 10.1 Å². The molecule has 2 aliphatic rings. The highest BCUT2D eigenvalue weighted by atomic mass is 32.2. The standard InChI is InChI=1S/C14H25NO2S/c1-11-9-14(10-18-11,13(16)17-2)15-12-7-5-3-4-6-8-12/h11-12,15H,3-10H2,1-2H3. The summed E-state index contributed by atoms with van der Waals surface area (Å²) in [5, 5.41) is 4.20. The number of ether oxygens (including phenoxy) is 1. The van der Waals surface area contributed by atoms with Gasteiger partial charge < -0.3 is 4.74 Å². The second-order valence-electron chi connectivity index (χ2n) is 5.73. The molecule has 1 N–H and O–H groups in total. The van der Waals surface area contributed by atoms with Crippen molar-refractivity contribution in [2.45, 2.75) is 68.7 Å². The van der Waals surface area contributed by atoms with Gasteiger partial charge in [0.1, 0.15) is 5.54 Å². The molecule has 1 saturated heterocycles. The summed E-state index contributed by atoms with van der Waals surface area (Å²) in [4.78, 5) is 12.1. The van der Waals surface area contributed by atoms with Gasteiger partial charge >= 0.3 is 5.97 Å². The average molecular weight is 271 g/mol. The molecule has 0 aromatic rings. The fourth-order valence-electron chi connectivity index (χ4n) is 3.20. The molecule has 2 fully saturated rings. The lowest BCUT2D eigenvalue weighted by Gasteiger charge is -2.31.